The monoisotopic (exact) mass is 354 g/mol. The largest absolute Gasteiger partial charge is 0.487 e. The molecule has 0 radical (unpaired) electrons. The average molecular weight is 355 g/mol. The van der Waals surface area contributed by atoms with Crippen LogP contribution in [0.4, 0.5) is 11.4 Å². The van der Waals surface area contributed by atoms with Gasteiger partial charge in [0.25, 0.3) is 5.91 Å². The number of amides is 2. The molecular formula is C19H15ClN2O3. The number of hydrogen-bond acceptors (Lipinski definition) is 3. The molecule has 0 saturated heterocycles. The molecule has 2 aliphatic heterocycles. The SMILES string of the molecule is O=C(CCCl)Nc1ccc2c(c1)CO/C2=C1/C(=O)Nc2ccccc21. The van der Waals surface area contributed by atoms with Crippen LogP contribution in [0, 0.1) is 0 Å². The van der Waals surface area contributed by atoms with Gasteiger partial charge < -0.3 is 15.4 Å². The third-order valence-electron chi connectivity index (χ3n) is 4.23. The van der Waals surface area contributed by atoms with Gasteiger partial charge in [-0.2, -0.15) is 0 Å². The highest BCUT2D eigenvalue weighted by Crippen LogP contribution is 2.41. The Balaban J connectivity index is 1.71. The van der Waals surface area contributed by atoms with Gasteiger partial charge in [-0.25, -0.2) is 0 Å². The number of rotatable bonds is 3. The molecule has 6 heteroatoms. The van der Waals surface area contributed by atoms with Crippen molar-refractivity contribution in [3.05, 3.63) is 59.2 Å². The third-order valence-corrected chi connectivity index (χ3v) is 4.41. The Morgan fingerprint density at radius 3 is 2.88 bits per heavy atom. The predicted molar refractivity (Wildman–Crippen MR) is 97.1 cm³/mol. The Labute approximate surface area is 149 Å². The van der Waals surface area contributed by atoms with Gasteiger partial charge in [-0.05, 0) is 24.3 Å². The Bertz CT molecular complexity index is 921. The lowest BCUT2D eigenvalue weighted by Gasteiger charge is -2.07. The summed E-state index contributed by atoms with van der Waals surface area (Å²) < 4.78 is 5.83. The maximum absolute atomic E-state index is 12.4. The molecule has 0 unspecified atom stereocenters. The van der Waals surface area contributed by atoms with Crippen LogP contribution in [0.25, 0.3) is 11.3 Å². The van der Waals surface area contributed by atoms with Gasteiger partial charge in [0.15, 0.2) is 0 Å². The fraction of sp³-hybridized carbons (Fsp3) is 0.158. The van der Waals surface area contributed by atoms with Crippen LogP contribution < -0.4 is 10.6 Å². The van der Waals surface area contributed by atoms with Crippen molar-refractivity contribution >= 4 is 46.1 Å². The summed E-state index contributed by atoms with van der Waals surface area (Å²) in [5, 5.41) is 5.67. The summed E-state index contributed by atoms with van der Waals surface area (Å²) in [6, 6.07) is 13.1. The van der Waals surface area contributed by atoms with Crippen LogP contribution in [0.3, 0.4) is 0 Å². The molecule has 2 amide bonds. The number of para-hydroxylation sites is 1. The number of nitrogens with one attached hydrogen (secondary N) is 2. The number of carbonyl (C=O) groups excluding carboxylic acids is 2. The highest BCUT2D eigenvalue weighted by molar-refractivity contribution is 6.36. The molecule has 25 heavy (non-hydrogen) atoms. The minimum absolute atomic E-state index is 0.128. The lowest BCUT2D eigenvalue weighted by Crippen LogP contribution is -2.11. The van der Waals surface area contributed by atoms with E-state index >= 15 is 0 Å². The molecule has 126 valence electrons. The van der Waals surface area contributed by atoms with E-state index in [0.717, 1.165) is 22.4 Å². The minimum atomic E-state index is -0.163. The average Bonchev–Trinajstić information content (AvgIpc) is 3.14. The Kier molecular flexibility index (Phi) is 3.93. The number of hydrogen-bond donors (Lipinski definition) is 2. The molecule has 2 aromatic carbocycles. The van der Waals surface area contributed by atoms with E-state index in [4.69, 9.17) is 16.3 Å². The molecule has 0 aromatic heterocycles. The number of benzene rings is 2. The molecule has 0 bridgehead atoms. The second-order valence-corrected chi connectivity index (χ2v) is 6.23. The van der Waals surface area contributed by atoms with Crippen molar-refractivity contribution < 1.29 is 14.3 Å². The number of carbonyl (C=O) groups is 2. The van der Waals surface area contributed by atoms with Gasteiger partial charge in [-0.3, -0.25) is 9.59 Å². The van der Waals surface area contributed by atoms with Crippen molar-refractivity contribution in [2.75, 3.05) is 16.5 Å². The fourth-order valence-corrected chi connectivity index (χ4v) is 3.27. The van der Waals surface area contributed by atoms with E-state index in [9.17, 15) is 9.59 Å². The van der Waals surface area contributed by atoms with Crippen molar-refractivity contribution in [2.24, 2.45) is 0 Å². The zero-order valence-electron chi connectivity index (χ0n) is 13.3. The lowest BCUT2D eigenvalue weighted by molar-refractivity contribution is -0.115. The van der Waals surface area contributed by atoms with Gasteiger partial charge in [0.05, 0.1) is 5.57 Å². The molecule has 0 fully saturated rings. The highest BCUT2D eigenvalue weighted by Gasteiger charge is 2.32. The quantitative estimate of drug-likeness (QED) is 0.653. The Morgan fingerprint density at radius 2 is 2.04 bits per heavy atom. The first-order valence-electron chi connectivity index (χ1n) is 7.94. The van der Waals surface area contributed by atoms with E-state index in [0.29, 0.717) is 23.6 Å². The van der Waals surface area contributed by atoms with Crippen LogP contribution in [-0.4, -0.2) is 17.7 Å². The maximum atomic E-state index is 12.4. The van der Waals surface area contributed by atoms with Crippen LogP contribution in [0.5, 0.6) is 0 Å². The molecule has 4 rings (SSSR count). The van der Waals surface area contributed by atoms with Gasteiger partial charge in [-0.15, -0.1) is 11.6 Å². The van der Waals surface area contributed by atoms with Crippen molar-refractivity contribution in [1.29, 1.82) is 0 Å². The van der Waals surface area contributed by atoms with E-state index < -0.39 is 0 Å². The molecule has 2 aromatic rings. The second kappa shape index (κ2) is 6.26. The minimum Gasteiger partial charge on any atom is -0.487 e. The number of fused-ring (bicyclic) bond motifs is 2. The summed E-state index contributed by atoms with van der Waals surface area (Å²) in [5.74, 6) is 0.571. The first-order chi connectivity index (χ1) is 12.2. The zero-order valence-corrected chi connectivity index (χ0v) is 14.0. The van der Waals surface area contributed by atoms with Crippen LogP contribution in [0.2, 0.25) is 0 Å². The second-order valence-electron chi connectivity index (χ2n) is 5.85. The predicted octanol–water partition coefficient (Wildman–Crippen LogP) is 3.60. The lowest BCUT2D eigenvalue weighted by atomic mass is 10.0. The van der Waals surface area contributed by atoms with Crippen LogP contribution in [-0.2, 0) is 20.9 Å². The molecule has 2 aliphatic rings. The van der Waals surface area contributed by atoms with E-state index in [1.165, 1.54) is 0 Å². The molecule has 2 N–H and O–H groups in total. The Morgan fingerprint density at radius 1 is 1.20 bits per heavy atom. The zero-order chi connectivity index (χ0) is 17.4. The third kappa shape index (κ3) is 2.76. The smallest absolute Gasteiger partial charge is 0.260 e. The number of anilines is 2. The van der Waals surface area contributed by atoms with E-state index in [2.05, 4.69) is 10.6 Å². The molecule has 0 atom stereocenters. The molecular weight excluding hydrogens is 340 g/mol. The standard InChI is InChI=1S/C19H15ClN2O3/c20-8-7-16(23)21-12-5-6-13-11(9-12)10-25-18(13)17-14-3-1-2-4-15(14)22-19(17)24/h1-6,9H,7-8,10H2,(H,21,23)(H,22,24)/b18-17+. The molecule has 2 heterocycles. The maximum Gasteiger partial charge on any atom is 0.260 e. The van der Waals surface area contributed by atoms with Crippen molar-refractivity contribution in [1.82, 2.24) is 0 Å². The first kappa shape index (κ1) is 15.7. The van der Waals surface area contributed by atoms with Crippen molar-refractivity contribution in [2.45, 2.75) is 13.0 Å². The van der Waals surface area contributed by atoms with Gasteiger partial charge in [0.2, 0.25) is 5.91 Å². The Hall–Kier alpha value is -2.79. The van der Waals surface area contributed by atoms with Crippen LogP contribution in [0.15, 0.2) is 42.5 Å². The normalized spacial score (nSPS) is 17.6. The summed E-state index contributed by atoms with van der Waals surface area (Å²) in [6.07, 6.45) is 0.265. The van der Waals surface area contributed by atoms with Crippen molar-refractivity contribution in [3.8, 4) is 0 Å². The van der Waals surface area contributed by atoms with E-state index in [1.54, 1.807) is 6.07 Å². The van der Waals surface area contributed by atoms with Gasteiger partial charge in [0, 0.05) is 40.4 Å². The van der Waals surface area contributed by atoms with Crippen LogP contribution >= 0.6 is 11.6 Å². The molecule has 0 saturated carbocycles. The number of alkyl halides is 1. The summed E-state index contributed by atoms with van der Waals surface area (Å²) in [7, 11) is 0. The number of ether oxygens (including phenoxy) is 1. The topological polar surface area (TPSA) is 67.4 Å². The summed E-state index contributed by atoms with van der Waals surface area (Å²) >= 11 is 5.58. The molecule has 0 spiro atoms. The fourth-order valence-electron chi connectivity index (χ4n) is 3.10. The van der Waals surface area contributed by atoms with Gasteiger partial charge in [0.1, 0.15) is 12.4 Å². The number of halogens is 1. The summed E-state index contributed by atoms with van der Waals surface area (Å²) in [6.45, 7) is 0.364. The van der Waals surface area contributed by atoms with Crippen molar-refractivity contribution in [3.63, 3.8) is 0 Å². The summed E-state index contributed by atoms with van der Waals surface area (Å²) in [4.78, 5) is 24.1. The van der Waals surface area contributed by atoms with Crippen LogP contribution in [0.1, 0.15) is 23.1 Å². The molecule has 0 aliphatic carbocycles. The van der Waals surface area contributed by atoms with E-state index in [1.807, 2.05) is 36.4 Å². The van der Waals surface area contributed by atoms with Gasteiger partial charge in [-0.1, -0.05) is 18.2 Å². The highest BCUT2D eigenvalue weighted by atomic mass is 35.5. The van der Waals surface area contributed by atoms with E-state index in [-0.39, 0.29) is 24.1 Å². The molecule has 5 nitrogen and oxygen atoms in total. The first-order valence-corrected chi connectivity index (χ1v) is 8.48. The van der Waals surface area contributed by atoms with Gasteiger partial charge >= 0.3 is 0 Å². The summed E-state index contributed by atoms with van der Waals surface area (Å²) in [5.41, 5.74) is 4.68.